The number of aromatic carboxylic acids is 1. The lowest BCUT2D eigenvalue weighted by molar-refractivity contribution is -0.140. The molecule has 0 aliphatic carbocycles. The van der Waals surface area contributed by atoms with Crippen molar-refractivity contribution in [1.29, 1.82) is 5.41 Å². The number of rotatable bonds is 9. The topological polar surface area (TPSA) is 196 Å². The third-order valence-electron chi connectivity index (χ3n) is 5.50. The second-order valence-electron chi connectivity index (χ2n) is 8.44. The van der Waals surface area contributed by atoms with Crippen LogP contribution in [0.1, 0.15) is 50.6 Å². The van der Waals surface area contributed by atoms with E-state index in [1.165, 1.54) is 24.4 Å². The monoisotopic (exact) mass is 503 g/mol. The molecule has 1 aromatic heterocycles. The first-order chi connectivity index (χ1) is 17.5. The summed E-state index contributed by atoms with van der Waals surface area (Å²) in [6, 6.07) is 12.0. The number of carboxylic acids is 2. The van der Waals surface area contributed by atoms with E-state index in [4.69, 9.17) is 11.1 Å². The van der Waals surface area contributed by atoms with E-state index in [1.807, 2.05) is 0 Å². The zero-order valence-corrected chi connectivity index (χ0v) is 20.0. The molecule has 0 spiro atoms. The number of nitrogens with two attached hydrogens (primary N) is 1. The fourth-order valence-corrected chi connectivity index (χ4v) is 3.56. The summed E-state index contributed by atoms with van der Waals surface area (Å²) in [5.41, 5.74) is 6.34. The molecule has 1 heterocycles. The SMILES string of the molecule is CC(C)C(NC(=O)c1ccc(-c2cccnc2C(=O)Nc2ccc(C(=N)N)cc2)c(C(=O)O)c1)C(=O)O. The quantitative estimate of drug-likeness (QED) is 0.189. The molecule has 1 unspecified atom stereocenters. The van der Waals surface area contributed by atoms with E-state index < -0.39 is 35.7 Å². The van der Waals surface area contributed by atoms with Crippen LogP contribution in [0.5, 0.6) is 0 Å². The predicted octanol–water partition coefficient (Wildman–Crippen LogP) is 2.82. The lowest BCUT2D eigenvalue weighted by atomic mass is 9.95. The Kier molecular flexibility index (Phi) is 7.98. The third-order valence-corrected chi connectivity index (χ3v) is 5.50. The summed E-state index contributed by atoms with van der Waals surface area (Å²) in [6.07, 6.45) is 1.39. The molecule has 37 heavy (non-hydrogen) atoms. The first kappa shape index (κ1) is 26.5. The van der Waals surface area contributed by atoms with Crippen molar-refractivity contribution in [3.8, 4) is 11.1 Å². The molecule has 2 amide bonds. The number of benzene rings is 2. The molecule has 0 radical (unpaired) electrons. The van der Waals surface area contributed by atoms with Crippen molar-refractivity contribution in [3.63, 3.8) is 0 Å². The van der Waals surface area contributed by atoms with Gasteiger partial charge in [-0.1, -0.05) is 26.0 Å². The van der Waals surface area contributed by atoms with E-state index in [0.717, 1.165) is 6.07 Å². The van der Waals surface area contributed by atoms with Crippen LogP contribution < -0.4 is 16.4 Å². The molecule has 11 heteroatoms. The van der Waals surface area contributed by atoms with Gasteiger partial charge in [0, 0.05) is 28.6 Å². The van der Waals surface area contributed by atoms with Crippen molar-refractivity contribution < 1.29 is 29.4 Å². The standard InChI is InChI=1S/C26H25N5O6/c1-13(2)20(26(36)37)31-23(32)15-7-10-17(19(12-15)25(34)35)18-4-3-11-29-21(18)24(33)30-16-8-5-14(6-9-16)22(27)28/h3-13,20H,1-2H3,(H3,27,28)(H,30,33)(H,31,32)(H,34,35)(H,36,37). The molecule has 3 rings (SSSR count). The number of aromatic nitrogens is 1. The maximum Gasteiger partial charge on any atom is 0.336 e. The Labute approximate surface area is 211 Å². The van der Waals surface area contributed by atoms with Crippen molar-refractivity contribution in [2.45, 2.75) is 19.9 Å². The second kappa shape index (κ2) is 11.1. The highest BCUT2D eigenvalue weighted by Gasteiger charge is 2.26. The number of amides is 2. The minimum absolute atomic E-state index is 0.0477. The zero-order chi connectivity index (χ0) is 27.3. The van der Waals surface area contributed by atoms with E-state index in [0.29, 0.717) is 11.3 Å². The molecular formula is C26H25N5O6. The number of nitrogens with one attached hydrogen (secondary N) is 3. The van der Waals surface area contributed by atoms with Crippen LogP contribution in [0.25, 0.3) is 11.1 Å². The number of hydrogen-bond donors (Lipinski definition) is 6. The number of carbonyl (C=O) groups is 4. The highest BCUT2D eigenvalue weighted by atomic mass is 16.4. The maximum atomic E-state index is 13.0. The van der Waals surface area contributed by atoms with Crippen LogP contribution in [0.2, 0.25) is 0 Å². The second-order valence-corrected chi connectivity index (χ2v) is 8.44. The van der Waals surface area contributed by atoms with E-state index in [-0.39, 0.29) is 33.8 Å². The number of carboxylic acid groups (broad SMARTS) is 2. The van der Waals surface area contributed by atoms with Crippen LogP contribution in [-0.2, 0) is 4.79 Å². The molecule has 7 N–H and O–H groups in total. The molecule has 190 valence electrons. The summed E-state index contributed by atoms with van der Waals surface area (Å²) < 4.78 is 0. The summed E-state index contributed by atoms with van der Waals surface area (Å²) in [5.74, 6) is -4.42. The smallest absolute Gasteiger partial charge is 0.336 e. The molecular weight excluding hydrogens is 478 g/mol. The molecule has 11 nitrogen and oxygen atoms in total. The van der Waals surface area contributed by atoms with Crippen LogP contribution in [0.4, 0.5) is 5.69 Å². The van der Waals surface area contributed by atoms with Crippen molar-refractivity contribution in [3.05, 3.63) is 83.2 Å². The molecule has 0 aliphatic rings. The van der Waals surface area contributed by atoms with Crippen molar-refractivity contribution in [2.24, 2.45) is 11.7 Å². The van der Waals surface area contributed by atoms with E-state index in [1.54, 1.807) is 44.2 Å². The molecule has 0 aliphatic heterocycles. The number of anilines is 1. The van der Waals surface area contributed by atoms with Gasteiger partial charge in [0.1, 0.15) is 17.6 Å². The first-order valence-electron chi connectivity index (χ1n) is 11.1. The van der Waals surface area contributed by atoms with E-state index in [2.05, 4.69) is 15.6 Å². The predicted molar refractivity (Wildman–Crippen MR) is 136 cm³/mol. The van der Waals surface area contributed by atoms with Crippen LogP contribution >= 0.6 is 0 Å². The minimum Gasteiger partial charge on any atom is -0.480 e. The molecule has 3 aromatic rings. The number of nitrogens with zero attached hydrogens (tertiary/aromatic N) is 1. The van der Waals surface area contributed by atoms with Crippen LogP contribution in [0, 0.1) is 11.3 Å². The van der Waals surface area contributed by atoms with Gasteiger partial charge in [-0.05, 0) is 53.9 Å². The van der Waals surface area contributed by atoms with E-state index in [9.17, 15) is 29.4 Å². The number of aliphatic carboxylic acids is 1. The highest BCUT2D eigenvalue weighted by molar-refractivity contribution is 6.10. The van der Waals surface area contributed by atoms with Crippen molar-refractivity contribution >= 4 is 35.3 Å². The van der Waals surface area contributed by atoms with Crippen LogP contribution in [0.15, 0.2) is 60.8 Å². The van der Waals surface area contributed by atoms with Gasteiger partial charge < -0.3 is 26.6 Å². The lowest BCUT2D eigenvalue weighted by Gasteiger charge is -2.18. The Balaban J connectivity index is 1.96. The summed E-state index contributed by atoms with van der Waals surface area (Å²) in [4.78, 5) is 53.3. The largest absolute Gasteiger partial charge is 0.480 e. The maximum absolute atomic E-state index is 13.0. The average molecular weight is 504 g/mol. The fourth-order valence-electron chi connectivity index (χ4n) is 3.56. The number of hydrogen-bond acceptors (Lipinski definition) is 6. The number of carbonyl (C=O) groups excluding carboxylic acids is 2. The summed E-state index contributed by atoms with van der Waals surface area (Å²) in [7, 11) is 0. The molecule has 0 bridgehead atoms. The summed E-state index contributed by atoms with van der Waals surface area (Å²) >= 11 is 0. The Morgan fingerprint density at radius 3 is 2.14 bits per heavy atom. The number of amidine groups is 1. The molecule has 2 aromatic carbocycles. The van der Waals surface area contributed by atoms with Crippen LogP contribution in [0.3, 0.4) is 0 Å². The van der Waals surface area contributed by atoms with Crippen LogP contribution in [-0.4, -0.2) is 50.8 Å². The first-order valence-corrected chi connectivity index (χ1v) is 11.1. The van der Waals surface area contributed by atoms with Gasteiger partial charge in [0.2, 0.25) is 0 Å². The van der Waals surface area contributed by atoms with Gasteiger partial charge in [0.05, 0.1) is 5.56 Å². The van der Waals surface area contributed by atoms with Gasteiger partial charge >= 0.3 is 11.9 Å². The van der Waals surface area contributed by atoms with E-state index >= 15 is 0 Å². The van der Waals surface area contributed by atoms with Crippen molar-refractivity contribution in [2.75, 3.05) is 5.32 Å². The zero-order valence-electron chi connectivity index (χ0n) is 20.0. The van der Waals surface area contributed by atoms with Gasteiger partial charge in [-0.25, -0.2) is 9.59 Å². The average Bonchev–Trinajstić information content (AvgIpc) is 2.86. The van der Waals surface area contributed by atoms with Gasteiger partial charge in [-0.3, -0.25) is 20.0 Å². The fraction of sp³-hybridized carbons (Fsp3) is 0.154. The Bertz CT molecular complexity index is 1380. The van der Waals surface area contributed by atoms with Gasteiger partial charge in [0.15, 0.2) is 0 Å². The van der Waals surface area contributed by atoms with Gasteiger partial charge in [-0.2, -0.15) is 0 Å². The molecule has 1 atom stereocenters. The van der Waals surface area contributed by atoms with Crippen molar-refractivity contribution in [1.82, 2.24) is 10.3 Å². The third kappa shape index (κ3) is 6.14. The lowest BCUT2D eigenvalue weighted by Crippen LogP contribution is -2.44. The number of nitrogen functional groups attached to an aromatic ring is 1. The van der Waals surface area contributed by atoms with Gasteiger partial charge in [-0.15, -0.1) is 0 Å². The summed E-state index contributed by atoms with van der Waals surface area (Å²) in [5, 5.41) is 31.7. The Morgan fingerprint density at radius 1 is 0.919 bits per heavy atom. The summed E-state index contributed by atoms with van der Waals surface area (Å²) in [6.45, 7) is 3.27. The molecule has 0 saturated carbocycles. The highest BCUT2D eigenvalue weighted by Crippen LogP contribution is 2.28. The molecule has 0 fully saturated rings. The Morgan fingerprint density at radius 2 is 1.57 bits per heavy atom. The minimum atomic E-state index is -1.35. The number of pyridine rings is 1. The van der Waals surface area contributed by atoms with Gasteiger partial charge in [0.25, 0.3) is 11.8 Å². The normalized spacial score (nSPS) is 11.4. The molecule has 0 saturated heterocycles. The Hall–Kier alpha value is -5.06.